The molecule has 0 spiro atoms. The minimum absolute atomic E-state index is 0.119. The maximum Gasteiger partial charge on any atom is 0.212 e. The van der Waals surface area contributed by atoms with Gasteiger partial charge < -0.3 is 10.2 Å². The van der Waals surface area contributed by atoms with Crippen molar-refractivity contribution in [1.29, 1.82) is 0 Å². The largest absolute Gasteiger partial charge is 0.384 e. The average Bonchev–Trinajstić information content (AvgIpc) is 2.76. The number of benzene rings is 1. The molecule has 2 N–H and O–H groups in total. The van der Waals surface area contributed by atoms with Crippen molar-refractivity contribution in [3.63, 3.8) is 0 Å². The molecule has 5 nitrogen and oxygen atoms in total. The lowest BCUT2D eigenvalue weighted by Gasteiger charge is -2.30. The standard InChI is InChI=1S/C14H23N3O2S/c1-15-20(18,19)11-14(8-9-17(2)3)10-16-13-7-5-4-6-12(13)14/h4-7,15-16H,8-11H2,1-3H3. The van der Waals surface area contributed by atoms with E-state index in [1.165, 1.54) is 7.05 Å². The van der Waals surface area contributed by atoms with E-state index in [1.807, 2.05) is 38.4 Å². The van der Waals surface area contributed by atoms with Gasteiger partial charge in [0.05, 0.1) is 5.75 Å². The summed E-state index contributed by atoms with van der Waals surface area (Å²) in [6, 6.07) is 8.00. The molecule has 1 aliphatic rings. The van der Waals surface area contributed by atoms with Crippen molar-refractivity contribution < 1.29 is 8.42 Å². The van der Waals surface area contributed by atoms with E-state index in [0.717, 1.165) is 24.2 Å². The quantitative estimate of drug-likeness (QED) is 0.817. The predicted molar refractivity (Wildman–Crippen MR) is 82.6 cm³/mol. The van der Waals surface area contributed by atoms with E-state index in [1.54, 1.807) is 0 Å². The molecule has 1 aromatic rings. The van der Waals surface area contributed by atoms with E-state index >= 15 is 0 Å². The highest BCUT2D eigenvalue weighted by molar-refractivity contribution is 7.89. The summed E-state index contributed by atoms with van der Waals surface area (Å²) >= 11 is 0. The Hall–Kier alpha value is -1.11. The first-order chi connectivity index (χ1) is 9.38. The first-order valence-corrected chi connectivity index (χ1v) is 8.43. The first kappa shape index (κ1) is 15.3. The number of fused-ring (bicyclic) bond motifs is 1. The molecule has 6 heteroatoms. The third-order valence-corrected chi connectivity index (χ3v) is 5.49. The second-order valence-corrected chi connectivity index (χ2v) is 7.62. The van der Waals surface area contributed by atoms with E-state index in [9.17, 15) is 8.42 Å². The van der Waals surface area contributed by atoms with Crippen LogP contribution in [0.1, 0.15) is 12.0 Å². The van der Waals surface area contributed by atoms with Crippen LogP contribution >= 0.6 is 0 Å². The highest BCUT2D eigenvalue weighted by Crippen LogP contribution is 2.40. The van der Waals surface area contributed by atoms with E-state index in [4.69, 9.17) is 0 Å². The molecular formula is C14H23N3O2S. The molecule has 112 valence electrons. The minimum atomic E-state index is -3.26. The molecule has 1 unspecified atom stereocenters. The molecule has 0 amide bonds. The van der Waals surface area contributed by atoms with Crippen molar-refractivity contribution in [2.45, 2.75) is 11.8 Å². The van der Waals surface area contributed by atoms with Crippen LogP contribution in [0, 0.1) is 0 Å². The summed E-state index contributed by atoms with van der Waals surface area (Å²) in [5.41, 5.74) is 1.81. The van der Waals surface area contributed by atoms with Gasteiger partial charge in [0.1, 0.15) is 0 Å². The van der Waals surface area contributed by atoms with Gasteiger partial charge in [-0.15, -0.1) is 0 Å². The maximum absolute atomic E-state index is 12.1. The molecular weight excluding hydrogens is 274 g/mol. The maximum atomic E-state index is 12.1. The number of para-hydroxylation sites is 1. The second-order valence-electron chi connectivity index (χ2n) is 5.70. The molecule has 0 radical (unpaired) electrons. The zero-order chi connectivity index (χ0) is 14.8. The third kappa shape index (κ3) is 3.13. The van der Waals surface area contributed by atoms with Crippen molar-refractivity contribution in [3.8, 4) is 0 Å². The van der Waals surface area contributed by atoms with Gasteiger partial charge in [0, 0.05) is 17.6 Å². The Morgan fingerprint density at radius 3 is 2.70 bits per heavy atom. The number of nitrogens with zero attached hydrogens (tertiary/aromatic N) is 1. The molecule has 0 aliphatic carbocycles. The van der Waals surface area contributed by atoms with Gasteiger partial charge in [0.25, 0.3) is 0 Å². The normalized spacial score (nSPS) is 21.8. The predicted octanol–water partition coefficient (Wildman–Crippen LogP) is 0.851. The number of hydrogen-bond acceptors (Lipinski definition) is 4. The Balaban J connectivity index is 2.36. The van der Waals surface area contributed by atoms with Crippen LogP contribution in [-0.4, -0.2) is 53.3 Å². The van der Waals surface area contributed by atoms with Crippen LogP contribution in [-0.2, 0) is 15.4 Å². The van der Waals surface area contributed by atoms with Gasteiger partial charge in [-0.3, -0.25) is 0 Å². The molecule has 1 heterocycles. The highest BCUT2D eigenvalue weighted by atomic mass is 32.2. The zero-order valence-electron chi connectivity index (χ0n) is 12.3. The second kappa shape index (κ2) is 5.71. The fraction of sp³-hybridized carbons (Fsp3) is 0.571. The summed E-state index contributed by atoms with van der Waals surface area (Å²) in [6.45, 7) is 1.52. The molecule has 1 aliphatic heterocycles. The van der Waals surface area contributed by atoms with E-state index in [2.05, 4.69) is 14.9 Å². The van der Waals surface area contributed by atoms with Crippen LogP contribution in [0.3, 0.4) is 0 Å². The van der Waals surface area contributed by atoms with Crippen LogP contribution in [0.2, 0.25) is 0 Å². The molecule has 0 fully saturated rings. The Kier molecular flexibility index (Phi) is 4.36. The lowest BCUT2D eigenvalue weighted by atomic mass is 9.81. The van der Waals surface area contributed by atoms with Gasteiger partial charge in [-0.1, -0.05) is 18.2 Å². The number of sulfonamides is 1. The highest BCUT2D eigenvalue weighted by Gasteiger charge is 2.41. The number of rotatable bonds is 6. The van der Waals surface area contributed by atoms with Crippen LogP contribution in [0.5, 0.6) is 0 Å². The number of hydrogen-bond donors (Lipinski definition) is 2. The van der Waals surface area contributed by atoms with Crippen molar-refractivity contribution in [3.05, 3.63) is 29.8 Å². The Labute approximate surface area is 121 Å². The summed E-state index contributed by atoms with van der Waals surface area (Å²) < 4.78 is 26.6. The smallest absolute Gasteiger partial charge is 0.212 e. The molecule has 20 heavy (non-hydrogen) atoms. The van der Waals surface area contributed by atoms with Crippen molar-refractivity contribution in [2.75, 3.05) is 45.3 Å². The molecule has 0 saturated carbocycles. The molecule has 0 saturated heterocycles. The fourth-order valence-electron chi connectivity index (χ4n) is 2.76. The summed E-state index contributed by atoms with van der Waals surface area (Å²) in [4.78, 5) is 2.09. The fourth-order valence-corrected chi connectivity index (χ4v) is 4.03. The van der Waals surface area contributed by atoms with Gasteiger partial charge >= 0.3 is 0 Å². The van der Waals surface area contributed by atoms with Gasteiger partial charge in [-0.2, -0.15) is 0 Å². The van der Waals surface area contributed by atoms with Crippen molar-refractivity contribution >= 4 is 15.7 Å². The molecule has 0 bridgehead atoms. The molecule has 2 rings (SSSR count). The molecule has 1 aromatic carbocycles. The average molecular weight is 297 g/mol. The van der Waals surface area contributed by atoms with Crippen LogP contribution < -0.4 is 10.0 Å². The Morgan fingerprint density at radius 2 is 2.05 bits per heavy atom. The van der Waals surface area contributed by atoms with Gasteiger partial charge in [-0.25, -0.2) is 13.1 Å². The Morgan fingerprint density at radius 1 is 1.35 bits per heavy atom. The van der Waals surface area contributed by atoms with Gasteiger partial charge in [0.2, 0.25) is 10.0 Å². The van der Waals surface area contributed by atoms with E-state index in [0.29, 0.717) is 6.54 Å². The summed E-state index contributed by atoms with van der Waals surface area (Å²) in [7, 11) is 2.23. The number of nitrogens with one attached hydrogen (secondary N) is 2. The molecule has 0 aromatic heterocycles. The lowest BCUT2D eigenvalue weighted by Crippen LogP contribution is -2.42. The summed E-state index contributed by atoms with van der Waals surface area (Å²) in [6.07, 6.45) is 0.810. The minimum Gasteiger partial charge on any atom is -0.384 e. The topological polar surface area (TPSA) is 61.4 Å². The van der Waals surface area contributed by atoms with Crippen molar-refractivity contribution in [2.24, 2.45) is 0 Å². The monoisotopic (exact) mass is 297 g/mol. The van der Waals surface area contributed by atoms with Gasteiger partial charge in [0.15, 0.2) is 0 Å². The van der Waals surface area contributed by atoms with Crippen molar-refractivity contribution in [1.82, 2.24) is 9.62 Å². The summed E-state index contributed by atoms with van der Waals surface area (Å²) in [5, 5.41) is 3.35. The van der Waals surface area contributed by atoms with Gasteiger partial charge in [-0.05, 0) is 45.7 Å². The van der Waals surface area contributed by atoms with Crippen LogP contribution in [0.4, 0.5) is 5.69 Å². The zero-order valence-corrected chi connectivity index (χ0v) is 13.1. The third-order valence-electron chi connectivity index (χ3n) is 3.93. The number of anilines is 1. The lowest BCUT2D eigenvalue weighted by molar-refractivity contribution is 0.343. The van der Waals surface area contributed by atoms with Crippen LogP contribution in [0.15, 0.2) is 24.3 Å². The van der Waals surface area contributed by atoms with Crippen LogP contribution in [0.25, 0.3) is 0 Å². The Bertz CT molecular complexity index is 572. The first-order valence-electron chi connectivity index (χ1n) is 6.78. The molecule has 1 atom stereocenters. The summed E-state index contributed by atoms with van der Waals surface area (Å²) in [5.74, 6) is 0.119. The van der Waals surface area contributed by atoms with E-state index < -0.39 is 10.0 Å². The van der Waals surface area contributed by atoms with E-state index in [-0.39, 0.29) is 11.2 Å². The SMILES string of the molecule is CNS(=O)(=O)CC1(CCN(C)C)CNc2ccccc21.